The largest absolute Gasteiger partial charge is 0.369 e. The van der Waals surface area contributed by atoms with Crippen LogP contribution in [0.1, 0.15) is 29.5 Å². The summed E-state index contributed by atoms with van der Waals surface area (Å²) < 4.78 is 0.554. The van der Waals surface area contributed by atoms with Gasteiger partial charge in [-0.05, 0) is 49.6 Å². The number of carbonyl (C=O) groups excluding carboxylic acids is 2. The van der Waals surface area contributed by atoms with E-state index in [4.69, 9.17) is 22.9 Å². The molecular weight excluding hydrogens is 476 g/mol. The first kappa shape index (κ1) is 23.5. The van der Waals surface area contributed by atoms with Gasteiger partial charge in [-0.15, -0.1) is 0 Å². The molecule has 3 aromatic rings. The Morgan fingerprint density at radius 3 is 2.63 bits per heavy atom. The number of amides is 2. The second-order valence-electron chi connectivity index (χ2n) is 9.01. The van der Waals surface area contributed by atoms with Crippen LogP contribution in [0, 0.1) is 12.8 Å². The number of hydrogen-bond acceptors (Lipinski definition) is 6. The van der Waals surface area contributed by atoms with Crippen LogP contribution >= 0.6 is 24.0 Å². The van der Waals surface area contributed by atoms with Crippen molar-refractivity contribution in [2.45, 2.75) is 26.3 Å². The molecule has 178 valence electrons. The van der Waals surface area contributed by atoms with Gasteiger partial charge >= 0.3 is 0 Å². The van der Waals surface area contributed by atoms with Crippen molar-refractivity contribution in [2.75, 3.05) is 18.0 Å². The normalized spacial score (nSPS) is 18.1. The van der Waals surface area contributed by atoms with Crippen LogP contribution in [-0.2, 0) is 16.1 Å². The van der Waals surface area contributed by atoms with Gasteiger partial charge in [0.05, 0.1) is 17.0 Å². The van der Waals surface area contributed by atoms with E-state index in [1.807, 2.05) is 48.5 Å². The maximum Gasteiger partial charge on any atom is 0.266 e. The van der Waals surface area contributed by atoms with E-state index in [0.717, 1.165) is 33.4 Å². The summed E-state index contributed by atoms with van der Waals surface area (Å²) in [6.45, 7) is 3.88. The van der Waals surface area contributed by atoms with Gasteiger partial charge in [-0.3, -0.25) is 14.5 Å². The van der Waals surface area contributed by atoms with Crippen LogP contribution in [0.3, 0.4) is 0 Å². The van der Waals surface area contributed by atoms with E-state index in [0.29, 0.717) is 41.7 Å². The quantitative estimate of drug-likeness (QED) is 0.404. The van der Waals surface area contributed by atoms with Crippen molar-refractivity contribution in [2.24, 2.45) is 11.7 Å². The van der Waals surface area contributed by atoms with E-state index in [-0.39, 0.29) is 17.7 Å². The van der Waals surface area contributed by atoms with Crippen molar-refractivity contribution in [3.63, 3.8) is 0 Å². The lowest BCUT2D eigenvalue weighted by molar-refractivity contribution is -0.123. The molecule has 2 saturated heterocycles. The Morgan fingerprint density at radius 2 is 1.91 bits per heavy atom. The van der Waals surface area contributed by atoms with E-state index in [1.165, 1.54) is 11.8 Å². The number of nitrogens with zero attached hydrogens (tertiary/aromatic N) is 3. The Kier molecular flexibility index (Phi) is 6.58. The summed E-state index contributed by atoms with van der Waals surface area (Å²) in [5, 5.41) is 1.02. The van der Waals surface area contributed by atoms with Crippen LogP contribution in [0.25, 0.3) is 17.0 Å². The first-order chi connectivity index (χ1) is 16.9. The maximum atomic E-state index is 13.3. The van der Waals surface area contributed by atoms with Crippen molar-refractivity contribution in [1.29, 1.82) is 0 Å². The van der Waals surface area contributed by atoms with Gasteiger partial charge in [0.25, 0.3) is 5.91 Å². The van der Waals surface area contributed by atoms with Crippen molar-refractivity contribution in [1.82, 2.24) is 9.88 Å². The highest BCUT2D eigenvalue weighted by Gasteiger charge is 2.33. The SMILES string of the molecule is Cc1ccc2nc(N3CCC(C(N)=O)CC3)c(/C=C3\SC(=S)N(Cc4ccccc4)C3=O)cc2c1. The number of thiocarbonyl (C=S) groups is 1. The molecule has 1 aromatic heterocycles. The lowest BCUT2D eigenvalue weighted by atomic mass is 9.96. The van der Waals surface area contributed by atoms with Crippen molar-refractivity contribution >= 4 is 62.9 Å². The van der Waals surface area contributed by atoms with Crippen molar-refractivity contribution < 1.29 is 9.59 Å². The molecule has 0 spiro atoms. The highest BCUT2D eigenvalue weighted by Crippen LogP contribution is 2.36. The molecule has 0 saturated carbocycles. The van der Waals surface area contributed by atoms with Gasteiger partial charge in [-0.25, -0.2) is 4.98 Å². The zero-order valence-corrected chi connectivity index (χ0v) is 21.1. The molecule has 0 radical (unpaired) electrons. The molecule has 3 heterocycles. The highest BCUT2D eigenvalue weighted by molar-refractivity contribution is 8.26. The molecule has 8 heteroatoms. The Labute approximate surface area is 214 Å². The van der Waals surface area contributed by atoms with Crippen LogP contribution in [0.2, 0.25) is 0 Å². The van der Waals surface area contributed by atoms with E-state index in [2.05, 4.69) is 24.0 Å². The molecule has 0 aliphatic carbocycles. The first-order valence-corrected chi connectivity index (χ1v) is 12.9. The molecule has 0 atom stereocenters. The number of primary amides is 1. The minimum Gasteiger partial charge on any atom is -0.369 e. The number of rotatable bonds is 5. The van der Waals surface area contributed by atoms with Crippen LogP contribution in [0.15, 0.2) is 59.5 Å². The third-order valence-corrected chi connectivity index (χ3v) is 7.90. The minimum atomic E-state index is -0.242. The fourth-order valence-electron chi connectivity index (χ4n) is 4.58. The summed E-state index contributed by atoms with van der Waals surface area (Å²) in [6, 6.07) is 18.1. The minimum absolute atomic E-state index is 0.0911. The molecule has 6 nitrogen and oxygen atoms in total. The van der Waals surface area contributed by atoms with Crippen LogP contribution in [0.4, 0.5) is 5.82 Å². The number of nitrogens with two attached hydrogens (primary N) is 1. The Morgan fingerprint density at radius 1 is 1.17 bits per heavy atom. The molecule has 0 bridgehead atoms. The third-order valence-electron chi connectivity index (χ3n) is 6.52. The molecule has 2 aromatic carbocycles. The molecule has 2 amide bonds. The van der Waals surface area contributed by atoms with Crippen molar-refractivity contribution in [3.8, 4) is 0 Å². The Bertz CT molecular complexity index is 1350. The maximum absolute atomic E-state index is 13.3. The second-order valence-corrected chi connectivity index (χ2v) is 10.7. The average Bonchev–Trinajstić information content (AvgIpc) is 3.11. The van der Waals surface area contributed by atoms with E-state index < -0.39 is 0 Å². The van der Waals surface area contributed by atoms with E-state index >= 15 is 0 Å². The zero-order valence-electron chi connectivity index (χ0n) is 19.4. The number of benzene rings is 2. The predicted octanol–water partition coefficient (Wildman–Crippen LogP) is 4.65. The summed E-state index contributed by atoms with van der Waals surface area (Å²) in [5.74, 6) is 0.380. The third kappa shape index (κ3) is 4.94. The topological polar surface area (TPSA) is 79.5 Å². The smallest absolute Gasteiger partial charge is 0.266 e. The fraction of sp³-hybridized carbons (Fsp3) is 0.259. The summed E-state index contributed by atoms with van der Waals surface area (Å²) in [5.41, 5.74) is 9.49. The first-order valence-electron chi connectivity index (χ1n) is 11.6. The number of carbonyl (C=O) groups is 2. The monoisotopic (exact) mass is 502 g/mol. The molecule has 2 N–H and O–H groups in total. The Hall–Kier alpha value is -3.23. The molecule has 2 aliphatic rings. The average molecular weight is 503 g/mol. The zero-order chi connectivity index (χ0) is 24.5. The van der Waals surface area contributed by atoms with Gasteiger partial charge in [-0.2, -0.15) is 0 Å². The van der Waals surface area contributed by atoms with E-state index in [9.17, 15) is 9.59 Å². The van der Waals surface area contributed by atoms with Crippen LogP contribution < -0.4 is 10.6 Å². The van der Waals surface area contributed by atoms with Crippen LogP contribution in [0.5, 0.6) is 0 Å². The molecule has 35 heavy (non-hydrogen) atoms. The predicted molar refractivity (Wildman–Crippen MR) is 146 cm³/mol. The number of piperidine rings is 1. The van der Waals surface area contributed by atoms with Crippen molar-refractivity contribution in [3.05, 3.63) is 76.2 Å². The lowest BCUT2D eigenvalue weighted by Crippen LogP contribution is -2.39. The standard InChI is InChI=1S/C27H26N4O2S2/c1-17-7-8-22-20(13-17)14-21(25(29-22)30-11-9-19(10-12-30)24(28)32)15-23-26(33)31(27(34)35-23)16-18-5-3-2-4-6-18/h2-8,13-15,19H,9-12,16H2,1H3,(H2,28,32)/b23-15-. The highest BCUT2D eigenvalue weighted by atomic mass is 32.2. The van der Waals surface area contributed by atoms with Gasteiger partial charge in [0.1, 0.15) is 10.1 Å². The summed E-state index contributed by atoms with van der Waals surface area (Å²) in [6.07, 6.45) is 3.30. The number of anilines is 1. The molecule has 2 fully saturated rings. The van der Waals surface area contributed by atoms with Gasteiger partial charge in [-0.1, -0.05) is 65.9 Å². The number of aryl methyl sites for hydroxylation is 1. The number of thioether (sulfide) groups is 1. The van der Waals surface area contributed by atoms with Gasteiger partial charge < -0.3 is 10.6 Å². The number of fused-ring (bicyclic) bond motifs is 1. The lowest BCUT2D eigenvalue weighted by Gasteiger charge is -2.32. The second kappa shape index (κ2) is 9.79. The van der Waals surface area contributed by atoms with Gasteiger partial charge in [0, 0.05) is 30.0 Å². The molecule has 5 rings (SSSR count). The van der Waals surface area contributed by atoms with Gasteiger partial charge in [0.15, 0.2) is 0 Å². The summed E-state index contributed by atoms with van der Waals surface area (Å²) >= 11 is 6.88. The number of pyridine rings is 1. The van der Waals surface area contributed by atoms with Crippen LogP contribution in [-0.4, -0.2) is 39.1 Å². The summed E-state index contributed by atoms with van der Waals surface area (Å²) in [4.78, 5) is 34.4. The molecular formula is C27H26N4O2S2. The summed E-state index contributed by atoms with van der Waals surface area (Å²) in [7, 11) is 0. The number of hydrogen-bond donors (Lipinski definition) is 1. The fourth-order valence-corrected chi connectivity index (χ4v) is 5.83. The van der Waals surface area contributed by atoms with Gasteiger partial charge in [0.2, 0.25) is 5.91 Å². The Balaban J connectivity index is 1.50. The number of aromatic nitrogens is 1. The molecule has 0 unspecified atom stereocenters. The van der Waals surface area contributed by atoms with E-state index in [1.54, 1.807) is 4.90 Å². The molecule has 2 aliphatic heterocycles.